The maximum Gasteiger partial charge on any atom is 0.337 e. The quantitative estimate of drug-likeness (QED) is 0.820. The van der Waals surface area contributed by atoms with Crippen molar-refractivity contribution in [3.8, 4) is 17.6 Å². The number of rotatable bonds is 3. The predicted octanol–water partition coefficient (Wildman–Crippen LogP) is 2.63. The first kappa shape index (κ1) is 12.5. The molecule has 0 bridgehead atoms. The summed E-state index contributed by atoms with van der Waals surface area (Å²) in [6.07, 6.45) is 0. The number of nitrogens with zero attached hydrogens (tertiary/aromatic N) is 1. The van der Waals surface area contributed by atoms with Gasteiger partial charge in [0, 0.05) is 5.69 Å². The van der Waals surface area contributed by atoms with Gasteiger partial charge >= 0.3 is 5.97 Å². The van der Waals surface area contributed by atoms with Crippen LogP contribution in [0.15, 0.2) is 42.5 Å². The highest BCUT2D eigenvalue weighted by atomic mass is 16.5. The Bertz CT molecular complexity index is 675. The van der Waals surface area contributed by atoms with Crippen LogP contribution in [-0.4, -0.2) is 11.1 Å². The topological polar surface area (TPSA) is 96.3 Å². The van der Waals surface area contributed by atoms with E-state index in [2.05, 4.69) is 0 Å². The Morgan fingerprint density at radius 1 is 1.21 bits per heavy atom. The second-order valence-electron chi connectivity index (χ2n) is 3.80. The lowest BCUT2D eigenvalue weighted by molar-refractivity contribution is 0.0697. The number of carbonyl (C=O) groups is 1. The van der Waals surface area contributed by atoms with Crippen molar-refractivity contribution < 1.29 is 14.6 Å². The van der Waals surface area contributed by atoms with Gasteiger partial charge in [-0.25, -0.2) is 4.79 Å². The number of nitrogen functional groups attached to an aromatic ring is 1. The van der Waals surface area contributed by atoms with Crippen molar-refractivity contribution >= 4 is 11.7 Å². The summed E-state index contributed by atoms with van der Waals surface area (Å²) in [5, 5.41) is 17.7. The van der Waals surface area contributed by atoms with E-state index in [0.717, 1.165) is 0 Å². The summed E-state index contributed by atoms with van der Waals surface area (Å²) in [5.74, 6) is -0.310. The molecule has 0 spiro atoms. The van der Waals surface area contributed by atoms with Crippen molar-refractivity contribution in [2.24, 2.45) is 0 Å². The summed E-state index contributed by atoms with van der Waals surface area (Å²) >= 11 is 0. The molecule has 0 aliphatic rings. The van der Waals surface area contributed by atoms with Gasteiger partial charge in [0.25, 0.3) is 0 Å². The first-order chi connectivity index (χ1) is 9.10. The number of ether oxygens (including phenoxy) is 1. The van der Waals surface area contributed by atoms with Crippen molar-refractivity contribution in [3.63, 3.8) is 0 Å². The molecule has 0 fully saturated rings. The molecule has 19 heavy (non-hydrogen) atoms. The Labute approximate surface area is 109 Å². The third-order valence-electron chi connectivity index (χ3n) is 2.45. The van der Waals surface area contributed by atoms with Crippen LogP contribution < -0.4 is 10.5 Å². The first-order valence-corrected chi connectivity index (χ1v) is 5.41. The second kappa shape index (κ2) is 5.10. The number of aromatic carboxylic acids is 1. The van der Waals surface area contributed by atoms with Crippen LogP contribution in [0.25, 0.3) is 0 Å². The third kappa shape index (κ3) is 2.82. The molecule has 0 radical (unpaired) electrons. The molecule has 0 aliphatic heterocycles. The number of nitrogens with two attached hydrogens (primary N) is 1. The van der Waals surface area contributed by atoms with E-state index in [-0.39, 0.29) is 11.3 Å². The molecule has 2 aromatic carbocycles. The van der Waals surface area contributed by atoms with Crippen molar-refractivity contribution in [2.75, 3.05) is 5.73 Å². The van der Waals surface area contributed by atoms with Gasteiger partial charge in [0.15, 0.2) is 0 Å². The zero-order chi connectivity index (χ0) is 13.8. The van der Waals surface area contributed by atoms with Gasteiger partial charge in [-0.3, -0.25) is 0 Å². The average Bonchev–Trinajstić information content (AvgIpc) is 2.41. The molecule has 0 saturated carbocycles. The monoisotopic (exact) mass is 254 g/mol. The average molecular weight is 254 g/mol. The fourth-order valence-electron chi connectivity index (χ4n) is 1.55. The number of benzene rings is 2. The number of nitriles is 1. The minimum atomic E-state index is -1.12. The minimum absolute atomic E-state index is 0.0195. The number of hydrogen-bond donors (Lipinski definition) is 2. The first-order valence-electron chi connectivity index (χ1n) is 5.41. The van der Waals surface area contributed by atoms with E-state index in [9.17, 15) is 4.79 Å². The molecule has 3 N–H and O–H groups in total. The number of hydrogen-bond acceptors (Lipinski definition) is 4. The largest absolute Gasteiger partial charge is 0.478 e. The molecule has 0 heterocycles. The Morgan fingerprint density at radius 2 is 1.95 bits per heavy atom. The highest BCUT2D eigenvalue weighted by Crippen LogP contribution is 2.25. The van der Waals surface area contributed by atoms with Gasteiger partial charge in [0.2, 0.25) is 0 Å². The summed E-state index contributed by atoms with van der Waals surface area (Å²) in [6, 6.07) is 13.0. The fourth-order valence-corrected chi connectivity index (χ4v) is 1.55. The van der Waals surface area contributed by atoms with Crippen LogP contribution in [0.5, 0.6) is 11.5 Å². The summed E-state index contributed by atoms with van der Waals surface area (Å²) < 4.78 is 5.50. The molecule has 0 amide bonds. The summed E-state index contributed by atoms with van der Waals surface area (Å²) in [7, 11) is 0. The SMILES string of the molecule is N#Cc1cccc(Oc2ccc(N)c(C(=O)O)c2)c1. The van der Waals surface area contributed by atoms with E-state index >= 15 is 0 Å². The third-order valence-corrected chi connectivity index (χ3v) is 2.45. The van der Waals surface area contributed by atoms with Gasteiger partial charge in [0.05, 0.1) is 17.2 Å². The normalized spacial score (nSPS) is 9.63. The summed E-state index contributed by atoms with van der Waals surface area (Å²) in [5.41, 5.74) is 6.17. The van der Waals surface area contributed by atoms with E-state index in [1.807, 2.05) is 6.07 Å². The van der Waals surface area contributed by atoms with Crippen molar-refractivity contribution in [1.82, 2.24) is 0 Å². The fraction of sp³-hybridized carbons (Fsp3) is 0. The number of carboxylic acids is 1. The Morgan fingerprint density at radius 3 is 2.63 bits per heavy atom. The summed E-state index contributed by atoms with van der Waals surface area (Å²) in [4.78, 5) is 10.9. The van der Waals surface area contributed by atoms with Crippen molar-refractivity contribution in [2.45, 2.75) is 0 Å². The van der Waals surface area contributed by atoms with Crippen LogP contribution in [0.1, 0.15) is 15.9 Å². The zero-order valence-corrected chi connectivity index (χ0v) is 9.83. The minimum Gasteiger partial charge on any atom is -0.478 e. The lowest BCUT2D eigenvalue weighted by Crippen LogP contribution is -2.02. The lowest BCUT2D eigenvalue weighted by atomic mass is 10.1. The van der Waals surface area contributed by atoms with Gasteiger partial charge in [-0.05, 0) is 36.4 Å². The van der Waals surface area contributed by atoms with Crippen LogP contribution in [0, 0.1) is 11.3 Å². The molecule has 0 aliphatic carbocycles. The molecule has 0 atom stereocenters. The number of anilines is 1. The molecule has 94 valence electrons. The van der Waals surface area contributed by atoms with E-state index in [4.69, 9.17) is 20.8 Å². The Balaban J connectivity index is 2.31. The van der Waals surface area contributed by atoms with E-state index in [1.54, 1.807) is 30.3 Å². The van der Waals surface area contributed by atoms with E-state index in [0.29, 0.717) is 17.1 Å². The van der Waals surface area contributed by atoms with Gasteiger partial charge in [0.1, 0.15) is 11.5 Å². The molecule has 0 aromatic heterocycles. The standard InChI is InChI=1S/C14H10N2O3/c15-8-9-2-1-3-10(6-9)19-11-4-5-13(16)12(7-11)14(17)18/h1-7H,16H2,(H,17,18). The second-order valence-corrected chi connectivity index (χ2v) is 3.80. The van der Waals surface area contributed by atoms with Crippen molar-refractivity contribution in [1.29, 1.82) is 5.26 Å². The number of carboxylic acid groups (broad SMARTS) is 1. The molecule has 5 nitrogen and oxygen atoms in total. The van der Waals surface area contributed by atoms with Crippen LogP contribution >= 0.6 is 0 Å². The van der Waals surface area contributed by atoms with Crippen LogP contribution in [-0.2, 0) is 0 Å². The molecule has 2 aromatic rings. The molecule has 2 rings (SSSR count). The van der Waals surface area contributed by atoms with Crippen molar-refractivity contribution in [3.05, 3.63) is 53.6 Å². The highest BCUT2D eigenvalue weighted by molar-refractivity contribution is 5.94. The van der Waals surface area contributed by atoms with Gasteiger partial charge < -0.3 is 15.6 Å². The van der Waals surface area contributed by atoms with Crippen LogP contribution in [0.3, 0.4) is 0 Å². The predicted molar refractivity (Wildman–Crippen MR) is 69.0 cm³/mol. The van der Waals surface area contributed by atoms with Gasteiger partial charge in [-0.2, -0.15) is 5.26 Å². The molecule has 0 saturated heterocycles. The maximum atomic E-state index is 10.9. The van der Waals surface area contributed by atoms with Gasteiger partial charge in [-0.15, -0.1) is 0 Å². The lowest BCUT2D eigenvalue weighted by Gasteiger charge is -2.08. The molecular formula is C14H10N2O3. The summed E-state index contributed by atoms with van der Waals surface area (Å²) in [6.45, 7) is 0. The highest BCUT2D eigenvalue weighted by Gasteiger charge is 2.09. The maximum absolute atomic E-state index is 10.9. The molecular weight excluding hydrogens is 244 g/mol. The van der Waals surface area contributed by atoms with E-state index in [1.165, 1.54) is 12.1 Å². The van der Waals surface area contributed by atoms with Crippen LogP contribution in [0.4, 0.5) is 5.69 Å². The Hall–Kier alpha value is -3.00. The molecule has 5 heteroatoms. The van der Waals surface area contributed by atoms with Crippen LogP contribution in [0.2, 0.25) is 0 Å². The molecule has 0 unspecified atom stereocenters. The zero-order valence-electron chi connectivity index (χ0n) is 9.83. The van der Waals surface area contributed by atoms with Gasteiger partial charge in [-0.1, -0.05) is 6.07 Å². The van der Waals surface area contributed by atoms with E-state index < -0.39 is 5.97 Å². The Kier molecular flexibility index (Phi) is 3.35. The smallest absolute Gasteiger partial charge is 0.337 e.